The predicted molar refractivity (Wildman–Crippen MR) is 71.6 cm³/mol. The van der Waals surface area contributed by atoms with Gasteiger partial charge in [-0.05, 0) is 30.4 Å². The van der Waals surface area contributed by atoms with Crippen molar-refractivity contribution >= 4 is 11.8 Å². The second kappa shape index (κ2) is 4.68. The Labute approximate surface area is 112 Å². The number of hydrogen-bond donors (Lipinski definition) is 1. The van der Waals surface area contributed by atoms with Crippen molar-refractivity contribution in [3.63, 3.8) is 0 Å². The lowest BCUT2D eigenvalue weighted by molar-refractivity contribution is -0.119. The minimum absolute atomic E-state index is 0.102. The molecule has 2 amide bonds. The normalized spacial score (nSPS) is 21.5. The summed E-state index contributed by atoms with van der Waals surface area (Å²) in [4.78, 5) is 25.6. The van der Waals surface area contributed by atoms with Crippen molar-refractivity contribution in [3.8, 4) is 0 Å². The van der Waals surface area contributed by atoms with Crippen LogP contribution in [-0.2, 0) is 4.79 Å². The van der Waals surface area contributed by atoms with Crippen LogP contribution in [0.3, 0.4) is 0 Å². The molecule has 2 aliphatic heterocycles. The maximum Gasteiger partial charge on any atom is 0.253 e. The third kappa shape index (κ3) is 2.35. The highest BCUT2D eigenvalue weighted by Crippen LogP contribution is 2.37. The van der Waals surface area contributed by atoms with E-state index in [1.54, 1.807) is 0 Å². The second-order valence-electron chi connectivity index (χ2n) is 5.61. The predicted octanol–water partition coefficient (Wildman–Crippen LogP) is 1.43. The molecule has 1 aromatic carbocycles. The lowest BCUT2D eigenvalue weighted by atomic mass is 9.77. The third-order valence-corrected chi connectivity index (χ3v) is 4.33. The van der Waals surface area contributed by atoms with Gasteiger partial charge in [-0.25, -0.2) is 0 Å². The first-order valence-electron chi connectivity index (χ1n) is 6.80. The van der Waals surface area contributed by atoms with Crippen molar-refractivity contribution < 1.29 is 9.59 Å². The summed E-state index contributed by atoms with van der Waals surface area (Å²) in [6.07, 6.45) is 2.47. The Morgan fingerprint density at radius 2 is 1.84 bits per heavy atom. The average Bonchev–Trinajstić information content (AvgIpc) is 2.81. The molecule has 4 nitrogen and oxygen atoms in total. The van der Waals surface area contributed by atoms with E-state index < -0.39 is 0 Å². The standard InChI is InChI=1S/C15H18N2O2/c18-13-10-15(11-16-13)6-8-17(9-7-15)14(19)12-4-2-1-3-5-12/h1-5H,6-11H2,(H,16,18). The minimum atomic E-state index is 0.102. The molecular formula is C15H18N2O2. The zero-order valence-electron chi connectivity index (χ0n) is 10.9. The average molecular weight is 258 g/mol. The van der Waals surface area contributed by atoms with Crippen LogP contribution in [0.5, 0.6) is 0 Å². The Morgan fingerprint density at radius 1 is 1.16 bits per heavy atom. The topological polar surface area (TPSA) is 49.4 Å². The Morgan fingerprint density at radius 3 is 2.42 bits per heavy atom. The van der Waals surface area contributed by atoms with Crippen LogP contribution in [0.15, 0.2) is 30.3 Å². The van der Waals surface area contributed by atoms with Gasteiger partial charge in [0.05, 0.1) is 0 Å². The fourth-order valence-electron chi connectivity index (χ4n) is 3.05. The lowest BCUT2D eigenvalue weighted by Crippen LogP contribution is -2.44. The largest absolute Gasteiger partial charge is 0.356 e. The molecule has 1 spiro atoms. The lowest BCUT2D eigenvalue weighted by Gasteiger charge is -2.38. The van der Waals surface area contributed by atoms with E-state index in [2.05, 4.69) is 5.32 Å². The van der Waals surface area contributed by atoms with Crippen LogP contribution in [0.1, 0.15) is 29.6 Å². The summed E-state index contributed by atoms with van der Waals surface area (Å²) in [7, 11) is 0. The van der Waals surface area contributed by atoms with E-state index in [1.807, 2.05) is 35.2 Å². The van der Waals surface area contributed by atoms with Gasteiger partial charge in [-0.2, -0.15) is 0 Å². The third-order valence-electron chi connectivity index (χ3n) is 4.33. The van der Waals surface area contributed by atoms with Crippen LogP contribution in [0.4, 0.5) is 0 Å². The van der Waals surface area contributed by atoms with Crippen LogP contribution < -0.4 is 5.32 Å². The summed E-state index contributed by atoms with van der Waals surface area (Å²) in [6, 6.07) is 9.40. The number of carbonyl (C=O) groups excluding carboxylic acids is 2. The van der Waals surface area contributed by atoms with E-state index in [0.717, 1.165) is 38.0 Å². The Kier molecular flexibility index (Phi) is 3.01. The second-order valence-corrected chi connectivity index (χ2v) is 5.61. The van der Waals surface area contributed by atoms with Gasteiger partial charge in [0, 0.05) is 31.6 Å². The summed E-state index contributed by atoms with van der Waals surface area (Å²) in [5.41, 5.74) is 0.851. The Bertz CT molecular complexity index is 490. The number of rotatable bonds is 1. The van der Waals surface area contributed by atoms with Gasteiger partial charge in [-0.3, -0.25) is 9.59 Å². The van der Waals surface area contributed by atoms with Gasteiger partial charge in [0.2, 0.25) is 5.91 Å². The fourth-order valence-corrected chi connectivity index (χ4v) is 3.05. The molecular weight excluding hydrogens is 240 g/mol. The maximum atomic E-state index is 12.3. The van der Waals surface area contributed by atoms with Gasteiger partial charge in [0.15, 0.2) is 0 Å². The molecule has 2 aliphatic rings. The van der Waals surface area contributed by atoms with E-state index in [1.165, 1.54) is 0 Å². The summed E-state index contributed by atoms with van der Waals surface area (Å²) in [5.74, 6) is 0.260. The van der Waals surface area contributed by atoms with Crippen molar-refractivity contribution in [2.75, 3.05) is 19.6 Å². The highest BCUT2D eigenvalue weighted by Gasteiger charge is 2.41. The van der Waals surface area contributed by atoms with E-state index in [4.69, 9.17) is 0 Å². The van der Waals surface area contributed by atoms with Gasteiger partial charge in [-0.15, -0.1) is 0 Å². The van der Waals surface area contributed by atoms with Gasteiger partial charge in [0.1, 0.15) is 0 Å². The number of piperidine rings is 1. The summed E-state index contributed by atoms with van der Waals surface area (Å²) in [6.45, 7) is 2.28. The van der Waals surface area contributed by atoms with Crippen molar-refractivity contribution in [2.24, 2.45) is 5.41 Å². The van der Waals surface area contributed by atoms with Gasteiger partial charge in [-0.1, -0.05) is 18.2 Å². The number of hydrogen-bond acceptors (Lipinski definition) is 2. The number of nitrogens with one attached hydrogen (secondary N) is 1. The molecule has 4 heteroatoms. The van der Waals surface area contributed by atoms with Crippen LogP contribution in [-0.4, -0.2) is 36.3 Å². The number of carbonyl (C=O) groups is 2. The van der Waals surface area contributed by atoms with E-state index in [9.17, 15) is 9.59 Å². The molecule has 0 atom stereocenters. The van der Waals surface area contributed by atoms with Gasteiger partial charge < -0.3 is 10.2 Å². The smallest absolute Gasteiger partial charge is 0.253 e. The SMILES string of the molecule is O=C1CC2(CCN(C(=O)c3ccccc3)CC2)CN1. The summed E-state index contributed by atoms with van der Waals surface area (Å²) in [5, 5.41) is 2.91. The minimum Gasteiger partial charge on any atom is -0.356 e. The van der Waals surface area contributed by atoms with Crippen molar-refractivity contribution in [2.45, 2.75) is 19.3 Å². The monoisotopic (exact) mass is 258 g/mol. The Hall–Kier alpha value is -1.84. The molecule has 1 aromatic rings. The highest BCUT2D eigenvalue weighted by molar-refractivity contribution is 5.94. The molecule has 0 saturated carbocycles. The number of likely N-dealkylation sites (tertiary alicyclic amines) is 1. The van der Waals surface area contributed by atoms with Gasteiger partial charge in [0.25, 0.3) is 5.91 Å². The number of nitrogens with zero attached hydrogens (tertiary/aromatic N) is 1. The molecule has 2 saturated heterocycles. The first-order valence-corrected chi connectivity index (χ1v) is 6.80. The molecule has 0 unspecified atom stereocenters. The van der Waals surface area contributed by atoms with Crippen LogP contribution in [0.2, 0.25) is 0 Å². The Balaban J connectivity index is 1.64. The van der Waals surface area contributed by atoms with Crippen molar-refractivity contribution in [1.82, 2.24) is 10.2 Å². The van der Waals surface area contributed by atoms with E-state index in [0.29, 0.717) is 6.42 Å². The van der Waals surface area contributed by atoms with Crippen LogP contribution >= 0.6 is 0 Å². The van der Waals surface area contributed by atoms with Crippen molar-refractivity contribution in [3.05, 3.63) is 35.9 Å². The highest BCUT2D eigenvalue weighted by atomic mass is 16.2. The fraction of sp³-hybridized carbons (Fsp3) is 0.467. The molecule has 3 rings (SSSR count). The molecule has 100 valence electrons. The molecule has 2 fully saturated rings. The van der Waals surface area contributed by atoms with Crippen LogP contribution in [0.25, 0.3) is 0 Å². The number of benzene rings is 1. The molecule has 0 aromatic heterocycles. The number of amides is 2. The van der Waals surface area contributed by atoms with E-state index in [-0.39, 0.29) is 17.2 Å². The molecule has 0 bridgehead atoms. The van der Waals surface area contributed by atoms with Crippen molar-refractivity contribution in [1.29, 1.82) is 0 Å². The zero-order chi connectivity index (χ0) is 13.3. The molecule has 2 heterocycles. The molecule has 0 aliphatic carbocycles. The van der Waals surface area contributed by atoms with E-state index >= 15 is 0 Å². The van der Waals surface area contributed by atoms with Gasteiger partial charge >= 0.3 is 0 Å². The summed E-state index contributed by atoms with van der Waals surface area (Å²) >= 11 is 0. The molecule has 19 heavy (non-hydrogen) atoms. The molecule has 1 N–H and O–H groups in total. The quantitative estimate of drug-likeness (QED) is 0.828. The zero-order valence-corrected chi connectivity index (χ0v) is 10.9. The summed E-state index contributed by atoms with van der Waals surface area (Å²) < 4.78 is 0. The first-order chi connectivity index (χ1) is 9.19. The maximum absolute atomic E-state index is 12.3. The first kappa shape index (κ1) is 12.2. The van der Waals surface area contributed by atoms with Crippen LogP contribution in [0, 0.1) is 5.41 Å². The molecule has 0 radical (unpaired) electrons.